The Bertz CT molecular complexity index is 3140. The van der Waals surface area contributed by atoms with E-state index in [0.717, 1.165) is 39.1 Å². The third-order valence-electron chi connectivity index (χ3n) is 11.5. The lowest BCUT2D eigenvalue weighted by Gasteiger charge is -2.28. The zero-order chi connectivity index (χ0) is 40.5. The first-order chi connectivity index (χ1) is 30.2. The first-order valence-electron chi connectivity index (χ1n) is 20.6. The SMILES string of the molecule is c1ccc(-c2ccc(N(c3ccc(-c4ccccc4)cc3)c3cccc4c5ccc(-c6nc(-c7ccccc7)nc(-c7ccccc7)n6)cc5c5ccccc5c34)cc2)cc1. The fraction of sp³-hybridized carbons (Fsp3) is 0. The van der Waals surface area contributed by atoms with Gasteiger partial charge in [-0.2, -0.15) is 0 Å². The third-order valence-corrected chi connectivity index (χ3v) is 11.5. The molecule has 0 spiro atoms. The summed E-state index contributed by atoms with van der Waals surface area (Å²) < 4.78 is 0. The fourth-order valence-corrected chi connectivity index (χ4v) is 8.54. The first-order valence-corrected chi connectivity index (χ1v) is 20.6. The summed E-state index contributed by atoms with van der Waals surface area (Å²) in [6.45, 7) is 0. The summed E-state index contributed by atoms with van der Waals surface area (Å²) in [7, 11) is 0. The Balaban J connectivity index is 1.10. The van der Waals surface area contributed by atoms with E-state index in [2.05, 4.69) is 175 Å². The number of hydrogen-bond acceptors (Lipinski definition) is 4. The molecular formula is C57H38N4. The van der Waals surface area contributed by atoms with Crippen molar-refractivity contribution in [2.75, 3.05) is 4.90 Å². The van der Waals surface area contributed by atoms with Gasteiger partial charge in [0.25, 0.3) is 0 Å². The zero-order valence-electron chi connectivity index (χ0n) is 33.2. The Morgan fingerprint density at radius 3 is 1.10 bits per heavy atom. The van der Waals surface area contributed by atoms with Crippen LogP contribution in [-0.4, -0.2) is 15.0 Å². The summed E-state index contributed by atoms with van der Waals surface area (Å²) in [6.07, 6.45) is 0. The van der Waals surface area contributed by atoms with E-state index in [0.29, 0.717) is 17.5 Å². The molecule has 10 aromatic carbocycles. The van der Waals surface area contributed by atoms with Gasteiger partial charge in [0.15, 0.2) is 17.5 Å². The minimum atomic E-state index is 0.636. The molecule has 0 N–H and O–H groups in total. The minimum Gasteiger partial charge on any atom is -0.310 e. The Labute approximate surface area is 354 Å². The molecule has 4 heteroatoms. The molecule has 0 bridgehead atoms. The summed E-state index contributed by atoms with van der Waals surface area (Å²) in [5, 5.41) is 7.02. The van der Waals surface area contributed by atoms with Crippen molar-refractivity contribution in [3.63, 3.8) is 0 Å². The van der Waals surface area contributed by atoms with Gasteiger partial charge in [-0.25, -0.2) is 15.0 Å². The molecule has 0 saturated carbocycles. The van der Waals surface area contributed by atoms with Crippen molar-refractivity contribution in [3.8, 4) is 56.4 Å². The maximum Gasteiger partial charge on any atom is 0.164 e. The topological polar surface area (TPSA) is 41.9 Å². The minimum absolute atomic E-state index is 0.636. The second-order valence-corrected chi connectivity index (χ2v) is 15.2. The molecule has 0 saturated heterocycles. The third kappa shape index (κ3) is 6.76. The Morgan fingerprint density at radius 1 is 0.246 bits per heavy atom. The molecule has 61 heavy (non-hydrogen) atoms. The lowest BCUT2D eigenvalue weighted by atomic mass is 9.91. The molecule has 11 aromatic rings. The van der Waals surface area contributed by atoms with Crippen molar-refractivity contribution in [1.29, 1.82) is 0 Å². The van der Waals surface area contributed by atoms with Crippen LogP contribution in [0.4, 0.5) is 17.1 Å². The standard InChI is InChI=1S/C57H38N4/c1-5-16-39(17-6-1)41-28-33-46(34-29-41)61(47-35-30-42(31-36-47)40-18-7-2-8-19-40)53-27-15-26-51-49-37-32-45(38-52(49)48-24-13-14-25-50(48)54(51)53)57-59-55(43-20-9-3-10-21-43)58-56(60-57)44-22-11-4-12-23-44/h1-38H. The van der Waals surface area contributed by atoms with E-state index in [-0.39, 0.29) is 0 Å². The highest BCUT2D eigenvalue weighted by molar-refractivity contribution is 6.29. The maximum atomic E-state index is 5.08. The second kappa shape index (κ2) is 15.5. The molecule has 0 atom stereocenters. The van der Waals surface area contributed by atoms with E-state index in [1.54, 1.807) is 0 Å². The van der Waals surface area contributed by atoms with Crippen molar-refractivity contribution >= 4 is 49.4 Å². The second-order valence-electron chi connectivity index (χ2n) is 15.2. The van der Waals surface area contributed by atoms with E-state index in [9.17, 15) is 0 Å². The van der Waals surface area contributed by atoms with Crippen molar-refractivity contribution in [2.45, 2.75) is 0 Å². The summed E-state index contributed by atoms with van der Waals surface area (Å²) in [6, 6.07) is 81.4. The molecule has 0 fully saturated rings. The van der Waals surface area contributed by atoms with Crippen LogP contribution < -0.4 is 4.90 Å². The van der Waals surface area contributed by atoms with Crippen LogP contribution in [0.15, 0.2) is 231 Å². The molecule has 1 aromatic heterocycles. The van der Waals surface area contributed by atoms with E-state index in [1.807, 2.05) is 60.7 Å². The van der Waals surface area contributed by atoms with Crippen molar-refractivity contribution in [2.24, 2.45) is 0 Å². The number of nitrogens with zero attached hydrogens (tertiary/aromatic N) is 4. The van der Waals surface area contributed by atoms with Crippen LogP contribution in [0.1, 0.15) is 0 Å². The van der Waals surface area contributed by atoms with Crippen LogP contribution in [0.2, 0.25) is 0 Å². The van der Waals surface area contributed by atoms with Gasteiger partial charge < -0.3 is 4.90 Å². The van der Waals surface area contributed by atoms with Crippen LogP contribution in [0.25, 0.3) is 88.7 Å². The highest BCUT2D eigenvalue weighted by atomic mass is 15.1. The average molecular weight is 779 g/mol. The molecule has 0 amide bonds. The van der Waals surface area contributed by atoms with Crippen LogP contribution in [0.3, 0.4) is 0 Å². The van der Waals surface area contributed by atoms with Gasteiger partial charge in [-0.1, -0.05) is 194 Å². The van der Waals surface area contributed by atoms with E-state index < -0.39 is 0 Å². The van der Waals surface area contributed by atoms with Crippen LogP contribution in [0.5, 0.6) is 0 Å². The van der Waals surface area contributed by atoms with Crippen molar-refractivity contribution in [1.82, 2.24) is 15.0 Å². The largest absolute Gasteiger partial charge is 0.310 e. The first kappa shape index (κ1) is 35.9. The van der Waals surface area contributed by atoms with Gasteiger partial charge in [0, 0.05) is 33.5 Å². The predicted octanol–water partition coefficient (Wildman–Crippen LogP) is 15.1. The van der Waals surface area contributed by atoms with Crippen LogP contribution >= 0.6 is 0 Å². The van der Waals surface area contributed by atoms with E-state index >= 15 is 0 Å². The summed E-state index contributed by atoms with van der Waals surface area (Å²) >= 11 is 0. The number of rotatable bonds is 8. The summed E-state index contributed by atoms with van der Waals surface area (Å²) in [5.74, 6) is 1.93. The molecule has 1 heterocycles. The summed E-state index contributed by atoms with van der Waals surface area (Å²) in [4.78, 5) is 17.5. The van der Waals surface area contributed by atoms with Gasteiger partial charge in [0.1, 0.15) is 0 Å². The Morgan fingerprint density at radius 2 is 0.607 bits per heavy atom. The number of anilines is 3. The summed E-state index contributed by atoms with van der Waals surface area (Å²) in [5.41, 5.74) is 10.8. The van der Waals surface area contributed by atoms with E-state index in [1.165, 1.54) is 49.2 Å². The smallest absolute Gasteiger partial charge is 0.164 e. The quantitative estimate of drug-likeness (QED) is 0.144. The Kier molecular flexibility index (Phi) is 9.14. The lowest BCUT2D eigenvalue weighted by Crippen LogP contribution is -2.10. The monoisotopic (exact) mass is 778 g/mol. The molecule has 4 nitrogen and oxygen atoms in total. The number of fused-ring (bicyclic) bond motifs is 6. The van der Waals surface area contributed by atoms with E-state index in [4.69, 9.17) is 15.0 Å². The lowest BCUT2D eigenvalue weighted by molar-refractivity contribution is 1.07. The van der Waals surface area contributed by atoms with Crippen LogP contribution in [0, 0.1) is 0 Å². The Hall–Kier alpha value is -8.21. The molecule has 286 valence electrons. The molecule has 0 aliphatic rings. The number of benzene rings is 10. The highest BCUT2D eigenvalue weighted by Gasteiger charge is 2.20. The predicted molar refractivity (Wildman–Crippen MR) is 254 cm³/mol. The normalized spacial score (nSPS) is 11.3. The van der Waals surface area contributed by atoms with Gasteiger partial charge in [-0.3, -0.25) is 0 Å². The molecule has 0 radical (unpaired) electrons. The number of aromatic nitrogens is 3. The van der Waals surface area contributed by atoms with Gasteiger partial charge in [-0.05, 0) is 85.6 Å². The highest BCUT2D eigenvalue weighted by Crippen LogP contribution is 2.46. The molecule has 11 rings (SSSR count). The van der Waals surface area contributed by atoms with Gasteiger partial charge in [-0.15, -0.1) is 0 Å². The molecule has 0 aliphatic carbocycles. The molecule has 0 aliphatic heterocycles. The van der Waals surface area contributed by atoms with Crippen molar-refractivity contribution < 1.29 is 0 Å². The van der Waals surface area contributed by atoms with Crippen molar-refractivity contribution in [3.05, 3.63) is 231 Å². The average Bonchev–Trinajstić information content (AvgIpc) is 3.35. The van der Waals surface area contributed by atoms with Gasteiger partial charge in [0.05, 0.1) is 5.69 Å². The molecule has 0 unspecified atom stereocenters. The number of hydrogen-bond donors (Lipinski definition) is 0. The van der Waals surface area contributed by atoms with Gasteiger partial charge >= 0.3 is 0 Å². The maximum absolute atomic E-state index is 5.08. The van der Waals surface area contributed by atoms with Crippen LogP contribution in [-0.2, 0) is 0 Å². The molecular weight excluding hydrogens is 741 g/mol. The fourth-order valence-electron chi connectivity index (χ4n) is 8.54. The van der Waals surface area contributed by atoms with Gasteiger partial charge in [0.2, 0.25) is 0 Å². The zero-order valence-corrected chi connectivity index (χ0v) is 33.2.